The maximum Gasteiger partial charge on any atom is -0.0564 e. The standard InChI is InChI=1S/C4H10.3ClH/c1-3-4-2;;;/h3-4H2,1-2H3;3*1H. The number of rotatable bonds is 1. The smallest absolute Gasteiger partial charge is 0.0564 e. The molecule has 0 aromatic heterocycles. The van der Waals surface area contributed by atoms with E-state index < -0.39 is 0 Å². The maximum absolute atomic E-state index is 2.18. The van der Waals surface area contributed by atoms with Gasteiger partial charge in [0.25, 0.3) is 0 Å². The van der Waals surface area contributed by atoms with Gasteiger partial charge in [-0.1, -0.05) is 26.7 Å². The van der Waals surface area contributed by atoms with Crippen LogP contribution in [0.3, 0.4) is 0 Å². The quantitative estimate of drug-likeness (QED) is 0.563. The second kappa shape index (κ2) is 28.7. The van der Waals surface area contributed by atoms with Gasteiger partial charge in [-0.2, -0.15) is 0 Å². The molecule has 0 radical (unpaired) electrons. The number of halogens is 3. The fourth-order valence-corrected chi connectivity index (χ4v) is 0. The molecular formula is C4H13Cl3. The van der Waals surface area contributed by atoms with Gasteiger partial charge < -0.3 is 0 Å². The van der Waals surface area contributed by atoms with Crippen LogP contribution in [0, 0.1) is 0 Å². The lowest BCUT2D eigenvalue weighted by molar-refractivity contribution is 0.886. The Balaban J connectivity index is -0.0000000150. The monoisotopic (exact) mass is 166 g/mol. The van der Waals surface area contributed by atoms with Crippen LogP contribution in [0.25, 0.3) is 0 Å². The van der Waals surface area contributed by atoms with Gasteiger partial charge in [0.2, 0.25) is 0 Å². The highest BCUT2D eigenvalue weighted by atomic mass is 35.5. The van der Waals surface area contributed by atoms with Gasteiger partial charge in [0, 0.05) is 0 Å². The zero-order valence-corrected chi connectivity index (χ0v) is 7.09. The van der Waals surface area contributed by atoms with E-state index in [1.54, 1.807) is 0 Å². The summed E-state index contributed by atoms with van der Waals surface area (Å²) in [7, 11) is 0. The molecular weight excluding hydrogens is 154 g/mol. The summed E-state index contributed by atoms with van der Waals surface area (Å²) < 4.78 is 0. The molecule has 0 heterocycles. The molecule has 0 bridgehead atoms. The number of hydrogen-bond acceptors (Lipinski definition) is 0. The van der Waals surface area contributed by atoms with Crippen molar-refractivity contribution in [2.75, 3.05) is 0 Å². The Morgan fingerprint density at radius 3 is 0.857 bits per heavy atom. The van der Waals surface area contributed by atoms with Gasteiger partial charge in [0.15, 0.2) is 0 Å². The van der Waals surface area contributed by atoms with Crippen LogP contribution in [0.5, 0.6) is 0 Å². The van der Waals surface area contributed by atoms with Gasteiger partial charge in [0.05, 0.1) is 0 Å². The van der Waals surface area contributed by atoms with Gasteiger partial charge in [-0.25, -0.2) is 0 Å². The van der Waals surface area contributed by atoms with E-state index in [-0.39, 0.29) is 37.2 Å². The Morgan fingerprint density at radius 1 is 0.714 bits per heavy atom. The molecule has 50 valence electrons. The van der Waals surface area contributed by atoms with Crippen LogP contribution < -0.4 is 0 Å². The molecule has 0 atom stereocenters. The predicted octanol–water partition coefficient (Wildman–Crippen LogP) is 3.07. The third-order valence-electron chi connectivity index (χ3n) is 0.500. The molecule has 0 saturated carbocycles. The molecule has 0 aliphatic heterocycles. The Labute approximate surface area is 64.3 Å². The van der Waals surface area contributed by atoms with Crippen molar-refractivity contribution < 1.29 is 0 Å². The van der Waals surface area contributed by atoms with E-state index in [2.05, 4.69) is 13.8 Å². The Bertz CT molecular complexity index is 8.90. The molecule has 0 aliphatic carbocycles. The van der Waals surface area contributed by atoms with Crippen molar-refractivity contribution in [1.29, 1.82) is 0 Å². The number of hydrogen-bond donors (Lipinski definition) is 0. The molecule has 0 N–H and O–H groups in total. The molecule has 0 fully saturated rings. The molecule has 3 heteroatoms. The zero-order valence-electron chi connectivity index (χ0n) is 4.64. The van der Waals surface area contributed by atoms with Gasteiger partial charge in [-0.05, 0) is 0 Å². The second-order valence-corrected chi connectivity index (χ2v) is 1.000. The zero-order chi connectivity index (χ0) is 3.41. The summed E-state index contributed by atoms with van der Waals surface area (Å²) >= 11 is 0. The summed E-state index contributed by atoms with van der Waals surface area (Å²) in [4.78, 5) is 0. The number of unbranched alkanes of at least 4 members (excludes halogenated alkanes) is 1. The van der Waals surface area contributed by atoms with Crippen molar-refractivity contribution >= 4 is 37.2 Å². The Hall–Kier alpha value is 0.870. The first-order chi connectivity index (χ1) is 1.91. The van der Waals surface area contributed by atoms with E-state index in [4.69, 9.17) is 0 Å². The van der Waals surface area contributed by atoms with Crippen LogP contribution in [0.15, 0.2) is 0 Å². The van der Waals surface area contributed by atoms with E-state index >= 15 is 0 Å². The lowest BCUT2D eigenvalue weighted by atomic mass is 10.4. The largest absolute Gasteiger partial charge is 0.147 e. The molecule has 0 amide bonds. The summed E-state index contributed by atoms with van der Waals surface area (Å²) in [6.45, 7) is 4.36. The average Bonchev–Trinajstić information content (AvgIpc) is 1.37. The lowest BCUT2D eigenvalue weighted by Crippen LogP contribution is -1.47. The highest BCUT2D eigenvalue weighted by Crippen LogP contribution is 1.76. The highest BCUT2D eigenvalue weighted by molar-refractivity contribution is 5.86. The van der Waals surface area contributed by atoms with E-state index in [1.807, 2.05) is 0 Å². The van der Waals surface area contributed by atoms with Crippen molar-refractivity contribution in [3.63, 3.8) is 0 Å². The van der Waals surface area contributed by atoms with Crippen LogP contribution in [0.1, 0.15) is 26.7 Å². The third-order valence-corrected chi connectivity index (χ3v) is 0.500. The molecule has 0 spiro atoms. The molecule has 0 rings (SSSR count). The second-order valence-electron chi connectivity index (χ2n) is 1.000. The van der Waals surface area contributed by atoms with Crippen molar-refractivity contribution in [3.05, 3.63) is 0 Å². The predicted molar refractivity (Wildman–Crippen MR) is 42.3 cm³/mol. The SMILES string of the molecule is CCCC.Cl.Cl.Cl. The van der Waals surface area contributed by atoms with Crippen LogP contribution in [0.2, 0.25) is 0 Å². The van der Waals surface area contributed by atoms with Crippen LogP contribution >= 0.6 is 37.2 Å². The molecule has 0 saturated heterocycles. The average molecular weight is 168 g/mol. The molecule has 0 nitrogen and oxygen atoms in total. The normalized spacial score (nSPS) is 4.29. The first-order valence-electron chi connectivity index (χ1n) is 1.91. The van der Waals surface area contributed by atoms with Crippen molar-refractivity contribution in [3.8, 4) is 0 Å². The minimum absolute atomic E-state index is 0. The molecule has 0 unspecified atom stereocenters. The maximum atomic E-state index is 2.18. The third kappa shape index (κ3) is 46.6. The van der Waals surface area contributed by atoms with Gasteiger partial charge in [-0.3, -0.25) is 0 Å². The van der Waals surface area contributed by atoms with E-state index in [9.17, 15) is 0 Å². The summed E-state index contributed by atoms with van der Waals surface area (Å²) in [5.74, 6) is 0. The first kappa shape index (κ1) is 24.8. The van der Waals surface area contributed by atoms with Gasteiger partial charge in [-0.15, -0.1) is 37.2 Å². The van der Waals surface area contributed by atoms with Gasteiger partial charge in [0.1, 0.15) is 0 Å². The van der Waals surface area contributed by atoms with Crippen LogP contribution in [-0.2, 0) is 0 Å². The Kier molecular flexibility index (Phi) is 102. The molecule has 0 aliphatic rings. The fourth-order valence-electron chi connectivity index (χ4n) is 0. The minimum atomic E-state index is 0. The summed E-state index contributed by atoms with van der Waals surface area (Å²) in [5.41, 5.74) is 0. The minimum Gasteiger partial charge on any atom is -0.147 e. The fraction of sp³-hybridized carbons (Fsp3) is 1.00. The molecule has 7 heavy (non-hydrogen) atoms. The van der Waals surface area contributed by atoms with Crippen LogP contribution in [0.4, 0.5) is 0 Å². The van der Waals surface area contributed by atoms with Crippen molar-refractivity contribution in [1.82, 2.24) is 0 Å². The van der Waals surface area contributed by atoms with Gasteiger partial charge >= 0.3 is 0 Å². The van der Waals surface area contributed by atoms with Crippen molar-refractivity contribution in [2.24, 2.45) is 0 Å². The molecule has 0 aromatic rings. The topological polar surface area (TPSA) is 0 Å². The lowest BCUT2D eigenvalue weighted by Gasteiger charge is -1.68. The summed E-state index contributed by atoms with van der Waals surface area (Å²) in [6.07, 6.45) is 2.64. The van der Waals surface area contributed by atoms with Crippen molar-refractivity contribution in [2.45, 2.75) is 26.7 Å². The van der Waals surface area contributed by atoms with Crippen LogP contribution in [-0.4, -0.2) is 0 Å². The Morgan fingerprint density at radius 2 is 0.857 bits per heavy atom. The van der Waals surface area contributed by atoms with E-state index in [1.165, 1.54) is 12.8 Å². The van der Waals surface area contributed by atoms with E-state index in [0.717, 1.165) is 0 Å². The molecule has 0 aromatic carbocycles. The van der Waals surface area contributed by atoms with E-state index in [0.29, 0.717) is 0 Å². The highest BCUT2D eigenvalue weighted by Gasteiger charge is 1.56. The summed E-state index contributed by atoms with van der Waals surface area (Å²) in [5, 5.41) is 0. The first-order valence-corrected chi connectivity index (χ1v) is 1.91. The summed E-state index contributed by atoms with van der Waals surface area (Å²) in [6, 6.07) is 0.